The van der Waals surface area contributed by atoms with Crippen molar-refractivity contribution < 1.29 is 24.4 Å². The zero-order valence-corrected chi connectivity index (χ0v) is 18.7. The Morgan fingerprint density at radius 2 is 1.15 bits per heavy atom. The monoisotopic (exact) mass is 390 g/mol. The molecule has 2 saturated carbocycles. The number of rotatable bonds is 3. The largest absolute Gasteiger partial charge is 0.394 e. The third kappa shape index (κ3) is 15.4. The van der Waals surface area contributed by atoms with Gasteiger partial charge < -0.3 is 24.4 Å². The van der Waals surface area contributed by atoms with E-state index in [0.29, 0.717) is 18.3 Å². The summed E-state index contributed by atoms with van der Waals surface area (Å²) in [6, 6.07) is 0. The Bertz CT molecular complexity index is 298. The topological polar surface area (TPSA) is 71.5 Å². The standard InChI is InChI=1S/2C8H16O.C3H8O2.C3H6O/c2*1-7-5-3-4-6-8(7)9-2;1-3(5)2-4;1-3-2-4-3/h2*7-8H,3-6H2,1-2H3;3-5H,2H2,1H3;3H,2H2,1H3. The predicted molar refractivity (Wildman–Crippen MR) is 111 cm³/mol. The molecule has 0 aromatic carbocycles. The van der Waals surface area contributed by atoms with Crippen molar-refractivity contribution in [3.8, 4) is 0 Å². The summed E-state index contributed by atoms with van der Waals surface area (Å²) in [5.74, 6) is 1.59. The van der Waals surface area contributed by atoms with Gasteiger partial charge in [0.15, 0.2) is 0 Å². The summed E-state index contributed by atoms with van der Waals surface area (Å²) in [4.78, 5) is 0. The lowest BCUT2D eigenvalue weighted by Gasteiger charge is -2.26. The van der Waals surface area contributed by atoms with Crippen molar-refractivity contribution in [2.45, 2.75) is 103 Å². The molecular formula is C22H46O5. The minimum Gasteiger partial charge on any atom is -0.394 e. The Morgan fingerprint density at radius 3 is 1.30 bits per heavy atom. The average molecular weight is 391 g/mol. The van der Waals surface area contributed by atoms with Gasteiger partial charge in [0.1, 0.15) is 0 Å². The first-order valence-electron chi connectivity index (χ1n) is 10.8. The molecule has 5 heteroatoms. The quantitative estimate of drug-likeness (QED) is 0.707. The second-order valence-corrected chi connectivity index (χ2v) is 8.25. The van der Waals surface area contributed by atoms with E-state index < -0.39 is 6.10 Å². The van der Waals surface area contributed by atoms with Gasteiger partial charge in [-0.1, -0.05) is 39.5 Å². The van der Waals surface area contributed by atoms with Crippen molar-refractivity contribution >= 4 is 0 Å². The van der Waals surface area contributed by atoms with Crippen molar-refractivity contribution in [1.29, 1.82) is 0 Å². The lowest BCUT2D eigenvalue weighted by Crippen LogP contribution is -2.23. The molecule has 0 aromatic rings. The molecule has 0 radical (unpaired) electrons. The fourth-order valence-corrected chi connectivity index (χ4v) is 3.36. The second-order valence-electron chi connectivity index (χ2n) is 8.25. The Kier molecular flexibility index (Phi) is 16.6. The molecule has 27 heavy (non-hydrogen) atoms. The van der Waals surface area contributed by atoms with Crippen molar-refractivity contribution in [1.82, 2.24) is 0 Å². The number of aliphatic hydroxyl groups is 2. The van der Waals surface area contributed by atoms with E-state index in [2.05, 4.69) is 20.8 Å². The minimum absolute atomic E-state index is 0.139. The smallest absolute Gasteiger partial charge is 0.0781 e. The zero-order chi connectivity index (χ0) is 20.7. The van der Waals surface area contributed by atoms with Gasteiger partial charge in [0.2, 0.25) is 0 Å². The second kappa shape index (κ2) is 16.7. The molecule has 0 aromatic heterocycles. The molecular weight excluding hydrogens is 344 g/mol. The fourth-order valence-electron chi connectivity index (χ4n) is 3.36. The number of epoxide rings is 1. The normalized spacial score (nSPS) is 33.1. The molecule has 1 saturated heterocycles. The molecule has 1 aliphatic heterocycles. The van der Waals surface area contributed by atoms with E-state index in [1.54, 1.807) is 0 Å². The van der Waals surface area contributed by atoms with E-state index in [4.69, 9.17) is 24.4 Å². The van der Waals surface area contributed by atoms with Crippen LogP contribution in [0.1, 0.15) is 79.1 Å². The van der Waals surface area contributed by atoms with E-state index in [0.717, 1.165) is 18.4 Å². The van der Waals surface area contributed by atoms with Gasteiger partial charge >= 0.3 is 0 Å². The van der Waals surface area contributed by atoms with Crippen LogP contribution in [-0.2, 0) is 14.2 Å². The molecule has 1 heterocycles. The van der Waals surface area contributed by atoms with Crippen LogP contribution in [0.5, 0.6) is 0 Å². The summed E-state index contributed by atoms with van der Waals surface area (Å²) in [5.41, 5.74) is 0. The van der Waals surface area contributed by atoms with E-state index in [1.165, 1.54) is 58.3 Å². The minimum atomic E-state index is -0.560. The van der Waals surface area contributed by atoms with Crippen molar-refractivity contribution in [2.75, 3.05) is 27.4 Å². The first-order chi connectivity index (χ1) is 12.8. The highest BCUT2D eigenvalue weighted by molar-refractivity contribution is 4.72. The lowest BCUT2D eigenvalue weighted by molar-refractivity contribution is 0.0309. The zero-order valence-electron chi connectivity index (χ0n) is 18.7. The number of aliphatic hydroxyl groups excluding tert-OH is 2. The van der Waals surface area contributed by atoms with Gasteiger partial charge in [-0.25, -0.2) is 0 Å². The van der Waals surface area contributed by atoms with Crippen LogP contribution >= 0.6 is 0 Å². The summed E-state index contributed by atoms with van der Waals surface area (Å²) in [7, 11) is 3.65. The van der Waals surface area contributed by atoms with Gasteiger partial charge in [0.25, 0.3) is 0 Å². The maximum Gasteiger partial charge on any atom is 0.0781 e. The van der Waals surface area contributed by atoms with Crippen LogP contribution in [0, 0.1) is 11.8 Å². The van der Waals surface area contributed by atoms with Crippen molar-refractivity contribution in [2.24, 2.45) is 11.8 Å². The molecule has 3 aliphatic rings. The molecule has 0 amide bonds. The SMILES string of the molecule is CC(O)CO.CC1CO1.COC1CCCCC1C.COC1CCCCC1C. The first-order valence-corrected chi connectivity index (χ1v) is 10.8. The Balaban J connectivity index is 0.000000352. The van der Waals surface area contributed by atoms with Gasteiger partial charge in [-0.2, -0.15) is 0 Å². The maximum absolute atomic E-state index is 8.11. The first kappa shape index (κ1) is 26.8. The summed E-state index contributed by atoms with van der Waals surface area (Å²) in [6.45, 7) is 9.00. The average Bonchev–Trinajstić information content (AvgIpc) is 3.46. The van der Waals surface area contributed by atoms with Crippen molar-refractivity contribution in [3.05, 3.63) is 0 Å². The highest BCUT2D eigenvalue weighted by atomic mass is 16.6. The molecule has 5 nitrogen and oxygen atoms in total. The molecule has 3 fully saturated rings. The van der Waals surface area contributed by atoms with Crippen molar-refractivity contribution in [3.63, 3.8) is 0 Å². The maximum atomic E-state index is 8.11. The van der Waals surface area contributed by atoms with Gasteiger partial charge in [-0.3, -0.25) is 0 Å². The molecule has 0 bridgehead atoms. The molecule has 6 atom stereocenters. The van der Waals surface area contributed by atoms with Crippen LogP contribution in [0.15, 0.2) is 0 Å². The third-order valence-electron chi connectivity index (χ3n) is 5.44. The highest BCUT2D eigenvalue weighted by Gasteiger charge is 2.20. The van der Waals surface area contributed by atoms with Gasteiger partial charge in [-0.15, -0.1) is 0 Å². The fraction of sp³-hybridized carbons (Fsp3) is 1.00. The predicted octanol–water partition coefficient (Wildman–Crippen LogP) is 4.19. The van der Waals surface area contributed by atoms with Crippen LogP contribution in [-0.4, -0.2) is 62.1 Å². The highest BCUT2D eigenvalue weighted by Crippen LogP contribution is 2.26. The number of methoxy groups -OCH3 is 2. The van der Waals surface area contributed by atoms with E-state index in [-0.39, 0.29) is 6.61 Å². The van der Waals surface area contributed by atoms with Gasteiger partial charge in [0.05, 0.1) is 37.6 Å². The third-order valence-corrected chi connectivity index (χ3v) is 5.44. The Morgan fingerprint density at radius 1 is 0.852 bits per heavy atom. The summed E-state index contributed by atoms with van der Waals surface area (Å²) in [6.07, 6.45) is 11.9. The molecule has 164 valence electrons. The number of ether oxygens (including phenoxy) is 3. The van der Waals surface area contributed by atoms with Gasteiger partial charge in [0, 0.05) is 14.2 Å². The van der Waals surface area contributed by atoms with Crippen LogP contribution in [0.2, 0.25) is 0 Å². The number of hydrogen-bond acceptors (Lipinski definition) is 5. The molecule has 6 unspecified atom stereocenters. The summed E-state index contributed by atoms with van der Waals surface area (Å²) >= 11 is 0. The van der Waals surface area contributed by atoms with Crippen LogP contribution in [0.25, 0.3) is 0 Å². The lowest BCUT2D eigenvalue weighted by atomic mass is 9.88. The Hall–Kier alpha value is -0.200. The Labute approximate surface area is 167 Å². The van der Waals surface area contributed by atoms with Gasteiger partial charge in [-0.05, 0) is 51.4 Å². The molecule has 3 rings (SSSR count). The molecule has 2 N–H and O–H groups in total. The summed E-state index contributed by atoms with van der Waals surface area (Å²) in [5, 5.41) is 16.0. The van der Waals surface area contributed by atoms with E-state index >= 15 is 0 Å². The summed E-state index contributed by atoms with van der Waals surface area (Å²) < 4.78 is 15.3. The van der Waals surface area contributed by atoms with Crippen LogP contribution < -0.4 is 0 Å². The molecule has 2 aliphatic carbocycles. The molecule has 0 spiro atoms. The number of hydrogen-bond donors (Lipinski definition) is 2. The van der Waals surface area contributed by atoms with E-state index in [9.17, 15) is 0 Å². The van der Waals surface area contributed by atoms with Crippen LogP contribution in [0.3, 0.4) is 0 Å². The van der Waals surface area contributed by atoms with Crippen LogP contribution in [0.4, 0.5) is 0 Å². The van der Waals surface area contributed by atoms with E-state index in [1.807, 2.05) is 14.2 Å².